The number of nitrogens with zero attached hydrogens (tertiary/aromatic N) is 1. The van der Waals surface area contributed by atoms with E-state index in [9.17, 15) is 5.11 Å². The maximum Gasteiger partial charge on any atom is 0.0917 e. The number of aryl methyl sites for hydroxylation is 2. The summed E-state index contributed by atoms with van der Waals surface area (Å²) in [4.78, 5) is 2.42. The lowest BCUT2D eigenvalue weighted by Gasteiger charge is -2.39. The first kappa shape index (κ1) is 16.5. The van der Waals surface area contributed by atoms with Crippen molar-refractivity contribution < 1.29 is 5.11 Å². The van der Waals surface area contributed by atoms with Gasteiger partial charge in [0.15, 0.2) is 0 Å². The number of likely N-dealkylation sites (tertiary alicyclic amines) is 1. The van der Waals surface area contributed by atoms with Gasteiger partial charge in [0.2, 0.25) is 0 Å². The molecule has 0 aromatic heterocycles. The molecule has 0 radical (unpaired) electrons. The van der Waals surface area contributed by atoms with Crippen LogP contribution in [0.25, 0.3) is 0 Å². The van der Waals surface area contributed by atoms with Crippen LogP contribution in [0, 0.1) is 25.2 Å². The lowest BCUT2D eigenvalue weighted by molar-refractivity contribution is 0.0653. The number of aliphatic hydroxyl groups excluding tert-OH is 1. The van der Waals surface area contributed by atoms with Crippen LogP contribution in [0.3, 0.4) is 0 Å². The van der Waals surface area contributed by atoms with Gasteiger partial charge in [-0.15, -0.1) is 0 Å². The third kappa shape index (κ3) is 4.31. The van der Waals surface area contributed by atoms with Crippen LogP contribution in [0.2, 0.25) is 0 Å². The van der Waals surface area contributed by atoms with Crippen molar-refractivity contribution in [3.63, 3.8) is 0 Å². The van der Waals surface area contributed by atoms with E-state index >= 15 is 0 Å². The summed E-state index contributed by atoms with van der Waals surface area (Å²) < 4.78 is 0. The molecule has 1 saturated heterocycles. The van der Waals surface area contributed by atoms with Gasteiger partial charge >= 0.3 is 0 Å². The summed E-state index contributed by atoms with van der Waals surface area (Å²) >= 11 is 0. The summed E-state index contributed by atoms with van der Waals surface area (Å²) in [6.07, 6.45) is 2.14. The summed E-state index contributed by atoms with van der Waals surface area (Å²) in [5.41, 5.74) is 4.02. The van der Waals surface area contributed by atoms with Crippen molar-refractivity contribution in [3.05, 3.63) is 34.9 Å². The maximum atomic E-state index is 10.5. The van der Waals surface area contributed by atoms with Crippen molar-refractivity contribution in [2.45, 2.75) is 53.6 Å². The molecule has 1 aliphatic rings. The first-order valence-corrected chi connectivity index (χ1v) is 8.25. The summed E-state index contributed by atoms with van der Waals surface area (Å²) in [6.45, 7) is 14.3. The quantitative estimate of drug-likeness (QED) is 0.905. The van der Waals surface area contributed by atoms with E-state index in [0.29, 0.717) is 5.41 Å². The van der Waals surface area contributed by atoms with Crippen molar-refractivity contribution in [2.75, 3.05) is 19.6 Å². The average Bonchev–Trinajstić information content (AvgIpc) is 2.41. The lowest BCUT2D eigenvalue weighted by atomic mass is 9.75. The Balaban J connectivity index is 1.89. The molecule has 0 saturated carbocycles. The van der Waals surface area contributed by atoms with Gasteiger partial charge in [-0.05, 0) is 67.8 Å². The molecule has 0 spiro atoms. The highest BCUT2D eigenvalue weighted by molar-refractivity contribution is 5.31. The first-order chi connectivity index (χ1) is 9.77. The Labute approximate surface area is 130 Å². The van der Waals surface area contributed by atoms with Crippen LogP contribution >= 0.6 is 0 Å². The number of β-amino-alcohol motifs (C(OH)–C–C–N with tert-alkyl or cyclic N) is 1. The van der Waals surface area contributed by atoms with E-state index < -0.39 is 0 Å². The molecular formula is C19H31NO. The van der Waals surface area contributed by atoms with E-state index in [1.807, 2.05) is 0 Å². The summed E-state index contributed by atoms with van der Waals surface area (Å²) in [6, 6.07) is 6.30. The molecule has 0 aliphatic carbocycles. The number of benzene rings is 1. The van der Waals surface area contributed by atoms with Gasteiger partial charge in [-0.3, -0.25) is 0 Å². The fraction of sp³-hybridized carbons (Fsp3) is 0.684. The minimum Gasteiger partial charge on any atom is -0.387 e. The topological polar surface area (TPSA) is 23.5 Å². The molecular weight excluding hydrogens is 258 g/mol. The molecule has 1 N–H and O–H groups in total. The standard InChI is InChI=1S/C19H31NO/c1-14-6-7-16(12-15(14)2)18(21)13-20-10-8-17(9-11-20)19(3,4)5/h6-7,12,17-18,21H,8-11,13H2,1-5H3. The second kappa shape index (κ2) is 6.50. The van der Waals surface area contributed by atoms with Crippen LogP contribution < -0.4 is 0 Å². The Hall–Kier alpha value is -0.860. The minimum absolute atomic E-state index is 0.365. The molecule has 2 heteroatoms. The molecule has 1 heterocycles. The first-order valence-electron chi connectivity index (χ1n) is 8.25. The Bertz CT molecular complexity index is 467. The van der Waals surface area contributed by atoms with Crippen LogP contribution in [-0.2, 0) is 0 Å². The predicted molar refractivity (Wildman–Crippen MR) is 89.5 cm³/mol. The van der Waals surface area contributed by atoms with Gasteiger partial charge in [-0.2, -0.15) is 0 Å². The zero-order valence-corrected chi connectivity index (χ0v) is 14.3. The Kier molecular flexibility index (Phi) is 5.11. The van der Waals surface area contributed by atoms with Gasteiger partial charge in [0.1, 0.15) is 0 Å². The number of hydrogen-bond donors (Lipinski definition) is 1. The fourth-order valence-corrected chi connectivity index (χ4v) is 3.30. The number of hydrogen-bond acceptors (Lipinski definition) is 2. The van der Waals surface area contributed by atoms with Crippen molar-refractivity contribution in [2.24, 2.45) is 11.3 Å². The fourth-order valence-electron chi connectivity index (χ4n) is 3.30. The normalized spacial score (nSPS) is 19.7. The van der Waals surface area contributed by atoms with E-state index in [-0.39, 0.29) is 6.10 Å². The highest BCUT2D eigenvalue weighted by Gasteiger charge is 2.29. The largest absolute Gasteiger partial charge is 0.387 e. The van der Waals surface area contributed by atoms with Gasteiger partial charge in [0.05, 0.1) is 6.10 Å². The van der Waals surface area contributed by atoms with Crippen molar-refractivity contribution >= 4 is 0 Å². The Morgan fingerprint density at radius 3 is 2.29 bits per heavy atom. The van der Waals surface area contributed by atoms with E-state index in [1.165, 1.54) is 24.0 Å². The van der Waals surface area contributed by atoms with Gasteiger partial charge in [0.25, 0.3) is 0 Å². The van der Waals surface area contributed by atoms with E-state index in [0.717, 1.165) is 31.1 Å². The second-order valence-corrected chi connectivity index (χ2v) is 7.80. The van der Waals surface area contributed by atoms with Crippen LogP contribution in [0.15, 0.2) is 18.2 Å². The monoisotopic (exact) mass is 289 g/mol. The number of piperidine rings is 1. The van der Waals surface area contributed by atoms with Gasteiger partial charge < -0.3 is 10.0 Å². The molecule has 2 rings (SSSR count). The van der Waals surface area contributed by atoms with Crippen LogP contribution in [0.4, 0.5) is 0 Å². The minimum atomic E-state index is -0.365. The summed E-state index contributed by atoms with van der Waals surface area (Å²) in [5, 5.41) is 10.5. The molecule has 1 aliphatic heterocycles. The van der Waals surface area contributed by atoms with Gasteiger partial charge in [-0.25, -0.2) is 0 Å². The zero-order chi connectivity index (χ0) is 15.6. The van der Waals surface area contributed by atoms with Gasteiger partial charge in [-0.1, -0.05) is 39.0 Å². The highest BCUT2D eigenvalue weighted by Crippen LogP contribution is 2.34. The van der Waals surface area contributed by atoms with Crippen molar-refractivity contribution in [3.8, 4) is 0 Å². The third-order valence-corrected chi connectivity index (χ3v) is 5.16. The zero-order valence-electron chi connectivity index (χ0n) is 14.3. The van der Waals surface area contributed by atoms with Crippen LogP contribution in [-0.4, -0.2) is 29.6 Å². The van der Waals surface area contributed by atoms with Crippen LogP contribution in [0.1, 0.15) is 56.4 Å². The van der Waals surface area contributed by atoms with Crippen molar-refractivity contribution in [1.82, 2.24) is 4.90 Å². The highest BCUT2D eigenvalue weighted by atomic mass is 16.3. The smallest absolute Gasteiger partial charge is 0.0917 e. The average molecular weight is 289 g/mol. The predicted octanol–water partition coefficient (Wildman–Crippen LogP) is 4.09. The Morgan fingerprint density at radius 1 is 1.14 bits per heavy atom. The second-order valence-electron chi connectivity index (χ2n) is 7.80. The SMILES string of the molecule is Cc1ccc(C(O)CN2CCC(C(C)(C)C)CC2)cc1C. The molecule has 0 bridgehead atoms. The molecule has 21 heavy (non-hydrogen) atoms. The molecule has 118 valence electrons. The summed E-state index contributed by atoms with van der Waals surface area (Å²) in [7, 11) is 0. The Morgan fingerprint density at radius 2 is 1.76 bits per heavy atom. The van der Waals surface area contributed by atoms with E-state index in [4.69, 9.17) is 0 Å². The number of rotatable bonds is 3. The van der Waals surface area contributed by atoms with Gasteiger partial charge in [0, 0.05) is 6.54 Å². The van der Waals surface area contributed by atoms with Crippen LogP contribution in [0.5, 0.6) is 0 Å². The van der Waals surface area contributed by atoms with E-state index in [1.54, 1.807) is 0 Å². The lowest BCUT2D eigenvalue weighted by Crippen LogP contribution is -2.39. The third-order valence-electron chi connectivity index (χ3n) is 5.16. The maximum absolute atomic E-state index is 10.5. The molecule has 0 amide bonds. The molecule has 1 fully saturated rings. The molecule has 2 nitrogen and oxygen atoms in total. The molecule has 1 atom stereocenters. The molecule has 1 unspecified atom stereocenters. The molecule has 1 aromatic carbocycles. The summed E-state index contributed by atoms with van der Waals surface area (Å²) in [5.74, 6) is 0.813. The number of aliphatic hydroxyl groups is 1. The molecule has 1 aromatic rings. The van der Waals surface area contributed by atoms with E-state index in [2.05, 4.69) is 57.7 Å². The van der Waals surface area contributed by atoms with Crippen molar-refractivity contribution in [1.29, 1.82) is 0 Å².